The highest BCUT2D eigenvalue weighted by atomic mass is 32.2. The Morgan fingerprint density at radius 1 is 1.36 bits per heavy atom. The van der Waals surface area contributed by atoms with Crippen molar-refractivity contribution in [2.24, 2.45) is 7.05 Å². The number of carbonyl (C=O) groups is 1. The summed E-state index contributed by atoms with van der Waals surface area (Å²) in [4.78, 5) is 16.8. The van der Waals surface area contributed by atoms with Gasteiger partial charge in [0.05, 0.1) is 10.9 Å². The number of aromatic nitrogens is 5. The molecule has 2 heterocycles. The predicted molar refractivity (Wildman–Crippen MR) is 99.7 cm³/mol. The number of thiazole rings is 1. The molecule has 1 unspecified atom stereocenters. The third kappa shape index (κ3) is 4.23. The quantitative estimate of drug-likeness (QED) is 0.668. The van der Waals surface area contributed by atoms with Crippen LogP contribution in [0.3, 0.4) is 0 Å². The zero-order valence-corrected chi connectivity index (χ0v) is 15.8. The van der Waals surface area contributed by atoms with Crippen LogP contribution in [-0.2, 0) is 18.3 Å². The lowest BCUT2D eigenvalue weighted by Crippen LogP contribution is -2.22. The fourth-order valence-electron chi connectivity index (χ4n) is 2.11. The number of benzene rings is 1. The summed E-state index contributed by atoms with van der Waals surface area (Å²) < 4.78 is 1.54. The first kappa shape index (κ1) is 17.6. The highest BCUT2D eigenvalue weighted by Gasteiger charge is 2.19. The number of carbonyl (C=O) groups excluding carboxylic acids is 1. The Hall–Kier alpha value is -2.26. The Balaban J connectivity index is 1.64. The molecule has 2 aromatic heterocycles. The minimum atomic E-state index is -0.333. The molecule has 9 heteroatoms. The van der Waals surface area contributed by atoms with Crippen LogP contribution in [0.2, 0.25) is 0 Å². The molecule has 7 nitrogen and oxygen atoms in total. The maximum Gasteiger partial charge on any atom is 0.239 e. The second-order valence-corrected chi connectivity index (χ2v) is 7.59. The van der Waals surface area contributed by atoms with Gasteiger partial charge in [0.25, 0.3) is 0 Å². The number of thioether (sulfide) groups is 1. The summed E-state index contributed by atoms with van der Waals surface area (Å²) in [5.74, 6) is -0.129. The van der Waals surface area contributed by atoms with Gasteiger partial charge in [0, 0.05) is 18.0 Å². The van der Waals surface area contributed by atoms with Crippen molar-refractivity contribution in [2.45, 2.75) is 30.7 Å². The summed E-state index contributed by atoms with van der Waals surface area (Å²) in [6.45, 7) is 3.94. The Morgan fingerprint density at radius 3 is 2.76 bits per heavy atom. The number of nitrogens with one attached hydrogen (secondary N) is 1. The van der Waals surface area contributed by atoms with Gasteiger partial charge >= 0.3 is 0 Å². The lowest BCUT2D eigenvalue weighted by Gasteiger charge is -2.08. The van der Waals surface area contributed by atoms with Crippen LogP contribution < -0.4 is 5.32 Å². The minimum absolute atomic E-state index is 0.129. The number of aryl methyl sites for hydroxylation is 2. The van der Waals surface area contributed by atoms with Crippen molar-refractivity contribution in [2.75, 3.05) is 5.32 Å². The van der Waals surface area contributed by atoms with Crippen LogP contribution in [0.4, 0.5) is 5.13 Å². The second-order valence-electron chi connectivity index (χ2n) is 5.42. The van der Waals surface area contributed by atoms with E-state index in [1.54, 1.807) is 7.05 Å². The zero-order chi connectivity index (χ0) is 17.8. The number of anilines is 1. The lowest BCUT2D eigenvalue weighted by molar-refractivity contribution is -0.115. The molecule has 0 saturated heterocycles. The molecule has 3 rings (SSSR count). The van der Waals surface area contributed by atoms with Gasteiger partial charge in [-0.3, -0.25) is 4.79 Å². The van der Waals surface area contributed by atoms with Gasteiger partial charge in [-0.25, -0.2) is 9.67 Å². The van der Waals surface area contributed by atoms with Crippen molar-refractivity contribution in [3.8, 4) is 11.3 Å². The van der Waals surface area contributed by atoms with Gasteiger partial charge < -0.3 is 5.32 Å². The molecule has 0 bridgehead atoms. The molecule has 1 amide bonds. The van der Waals surface area contributed by atoms with Gasteiger partial charge in [0.2, 0.25) is 11.1 Å². The van der Waals surface area contributed by atoms with E-state index in [1.807, 2.05) is 12.3 Å². The molecule has 25 heavy (non-hydrogen) atoms. The molecule has 0 fully saturated rings. The van der Waals surface area contributed by atoms with Crippen LogP contribution in [0.5, 0.6) is 0 Å². The van der Waals surface area contributed by atoms with Gasteiger partial charge in [0.1, 0.15) is 0 Å². The van der Waals surface area contributed by atoms with Crippen LogP contribution in [0.15, 0.2) is 34.8 Å². The SMILES string of the molecule is CCc1ccc(-c2csc(NC(=O)C(C)Sc3nnnn3C)n2)cc1. The van der Waals surface area contributed by atoms with E-state index < -0.39 is 0 Å². The van der Waals surface area contributed by atoms with Crippen LogP contribution >= 0.6 is 23.1 Å². The Kier molecular flexibility index (Phi) is 5.44. The largest absolute Gasteiger partial charge is 0.301 e. The summed E-state index contributed by atoms with van der Waals surface area (Å²) in [7, 11) is 1.74. The van der Waals surface area contributed by atoms with Gasteiger partial charge in [-0.15, -0.1) is 16.4 Å². The molecule has 0 spiro atoms. The standard InChI is InChI=1S/C16H18N6OS2/c1-4-11-5-7-12(8-6-11)13-9-24-15(17-13)18-14(23)10(2)25-16-19-20-21-22(16)3/h5-10H,4H2,1-3H3,(H,17,18,23). The number of tetrazole rings is 1. The highest BCUT2D eigenvalue weighted by Crippen LogP contribution is 2.26. The topological polar surface area (TPSA) is 85.6 Å². The summed E-state index contributed by atoms with van der Waals surface area (Å²) >= 11 is 2.72. The number of amides is 1. The van der Waals surface area contributed by atoms with Gasteiger partial charge in [-0.2, -0.15) is 0 Å². The number of nitrogens with zero attached hydrogens (tertiary/aromatic N) is 5. The van der Waals surface area contributed by atoms with Crippen LogP contribution in [0, 0.1) is 0 Å². The van der Waals surface area contributed by atoms with E-state index >= 15 is 0 Å². The highest BCUT2D eigenvalue weighted by molar-refractivity contribution is 8.00. The molecule has 0 aliphatic heterocycles. The second kappa shape index (κ2) is 7.75. The summed E-state index contributed by atoms with van der Waals surface area (Å²) in [5, 5.41) is 16.8. The van der Waals surface area contributed by atoms with Crippen molar-refractivity contribution >= 4 is 34.1 Å². The summed E-state index contributed by atoms with van der Waals surface area (Å²) in [6.07, 6.45) is 1.01. The lowest BCUT2D eigenvalue weighted by atomic mass is 10.1. The van der Waals surface area contributed by atoms with Gasteiger partial charge in [-0.05, 0) is 29.3 Å². The van der Waals surface area contributed by atoms with Crippen LogP contribution in [-0.4, -0.2) is 36.3 Å². The Labute approximate surface area is 153 Å². The predicted octanol–water partition coefficient (Wildman–Crippen LogP) is 3.02. The van der Waals surface area contributed by atoms with E-state index in [-0.39, 0.29) is 11.2 Å². The Bertz CT molecular complexity index is 858. The van der Waals surface area contributed by atoms with Gasteiger partial charge in [-0.1, -0.05) is 43.0 Å². The van der Waals surface area contributed by atoms with E-state index in [9.17, 15) is 4.79 Å². The van der Waals surface area contributed by atoms with Crippen molar-refractivity contribution in [3.05, 3.63) is 35.2 Å². The van der Waals surface area contributed by atoms with E-state index in [2.05, 4.69) is 57.0 Å². The molecule has 0 saturated carbocycles. The van der Waals surface area contributed by atoms with Crippen LogP contribution in [0.1, 0.15) is 19.4 Å². The fraction of sp³-hybridized carbons (Fsp3) is 0.312. The summed E-state index contributed by atoms with van der Waals surface area (Å²) in [6, 6.07) is 8.30. The molecule has 0 aliphatic carbocycles. The fourth-order valence-corrected chi connectivity index (χ4v) is 3.59. The van der Waals surface area contributed by atoms with Crippen molar-refractivity contribution in [1.29, 1.82) is 0 Å². The van der Waals surface area contributed by atoms with E-state index in [0.717, 1.165) is 17.7 Å². The molecular formula is C16H18N6OS2. The van der Waals surface area contributed by atoms with Gasteiger partial charge in [0.15, 0.2) is 5.13 Å². The van der Waals surface area contributed by atoms with E-state index in [0.29, 0.717) is 10.3 Å². The zero-order valence-electron chi connectivity index (χ0n) is 14.1. The average Bonchev–Trinajstić information content (AvgIpc) is 3.24. The maximum atomic E-state index is 12.3. The van der Waals surface area contributed by atoms with Crippen molar-refractivity contribution in [3.63, 3.8) is 0 Å². The Morgan fingerprint density at radius 2 is 2.12 bits per heavy atom. The molecule has 0 aliphatic rings. The molecule has 1 aromatic carbocycles. The number of hydrogen-bond acceptors (Lipinski definition) is 7. The average molecular weight is 374 g/mol. The normalized spacial score (nSPS) is 12.1. The number of rotatable bonds is 6. The molecule has 1 N–H and O–H groups in total. The summed E-state index contributed by atoms with van der Waals surface area (Å²) in [5.41, 5.74) is 3.19. The number of hydrogen-bond donors (Lipinski definition) is 1. The van der Waals surface area contributed by atoms with Crippen LogP contribution in [0.25, 0.3) is 11.3 Å². The first-order valence-corrected chi connectivity index (χ1v) is 9.57. The molecular weight excluding hydrogens is 356 g/mol. The first-order chi connectivity index (χ1) is 12.1. The first-order valence-electron chi connectivity index (χ1n) is 7.81. The minimum Gasteiger partial charge on any atom is -0.301 e. The smallest absolute Gasteiger partial charge is 0.239 e. The van der Waals surface area contributed by atoms with E-state index in [1.165, 1.54) is 33.3 Å². The van der Waals surface area contributed by atoms with Crippen molar-refractivity contribution in [1.82, 2.24) is 25.2 Å². The molecule has 130 valence electrons. The third-order valence-corrected chi connectivity index (χ3v) is 5.51. The third-order valence-electron chi connectivity index (χ3n) is 3.62. The van der Waals surface area contributed by atoms with E-state index in [4.69, 9.17) is 0 Å². The monoisotopic (exact) mass is 374 g/mol. The molecule has 3 aromatic rings. The van der Waals surface area contributed by atoms with Crippen molar-refractivity contribution < 1.29 is 4.79 Å². The maximum absolute atomic E-state index is 12.3. The molecule has 1 atom stereocenters. The molecule has 0 radical (unpaired) electrons.